The Morgan fingerprint density at radius 2 is 1.83 bits per heavy atom. The molecule has 2 aliphatic rings. The molecule has 0 aromatic heterocycles. The van der Waals surface area contributed by atoms with Gasteiger partial charge in [0.05, 0.1) is 42.4 Å². The summed E-state index contributed by atoms with van der Waals surface area (Å²) in [5.41, 5.74) is 0.0614. The maximum Gasteiger partial charge on any atom is 0.295 e. The number of phenols is 1. The molecule has 2 saturated heterocycles. The Morgan fingerprint density at radius 3 is 2.44 bits per heavy atom. The van der Waals surface area contributed by atoms with Gasteiger partial charge < -0.3 is 24.6 Å². The normalized spacial score (nSPS) is 20.0. The van der Waals surface area contributed by atoms with Gasteiger partial charge >= 0.3 is 0 Å². The SMILES string of the molecule is COc1ccc(/C(O)=C2/C(=O)C(=O)N(CCCN3CCOCC3)C2c2ccc([N+](=O)[O-])cc2)c(O)c1. The molecule has 2 aromatic carbocycles. The van der Waals surface area contributed by atoms with Gasteiger partial charge in [0, 0.05) is 44.4 Å². The second-order valence-electron chi connectivity index (χ2n) is 8.53. The number of morpholine rings is 1. The van der Waals surface area contributed by atoms with Crippen molar-refractivity contribution in [2.24, 2.45) is 0 Å². The number of carbonyl (C=O) groups is 2. The molecule has 1 unspecified atom stereocenters. The van der Waals surface area contributed by atoms with Crippen molar-refractivity contribution in [3.05, 3.63) is 69.3 Å². The maximum absolute atomic E-state index is 13.1. The first-order chi connectivity index (χ1) is 17.3. The van der Waals surface area contributed by atoms with Crippen LogP contribution in [0.2, 0.25) is 0 Å². The van der Waals surface area contributed by atoms with E-state index in [1.54, 1.807) is 0 Å². The molecule has 2 aliphatic heterocycles. The van der Waals surface area contributed by atoms with Crippen LogP contribution in [-0.2, 0) is 14.3 Å². The summed E-state index contributed by atoms with van der Waals surface area (Å²) in [5.74, 6) is -2.19. The third-order valence-electron chi connectivity index (χ3n) is 6.40. The zero-order chi connectivity index (χ0) is 25.8. The summed E-state index contributed by atoms with van der Waals surface area (Å²) >= 11 is 0. The van der Waals surface area contributed by atoms with Crippen molar-refractivity contribution in [2.45, 2.75) is 12.5 Å². The number of phenolic OH excluding ortho intramolecular Hbond substituents is 1. The van der Waals surface area contributed by atoms with Crippen LogP contribution in [0.4, 0.5) is 5.69 Å². The summed E-state index contributed by atoms with van der Waals surface area (Å²) in [4.78, 5) is 40.4. The van der Waals surface area contributed by atoms with Gasteiger partial charge in [0.2, 0.25) is 0 Å². The molecule has 11 nitrogen and oxygen atoms in total. The first-order valence-electron chi connectivity index (χ1n) is 11.5. The van der Waals surface area contributed by atoms with Crippen molar-refractivity contribution in [1.29, 1.82) is 0 Å². The molecule has 0 spiro atoms. The summed E-state index contributed by atoms with van der Waals surface area (Å²) in [6.07, 6.45) is 0.574. The zero-order valence-electron chi connectivity index (χ0n) is 19.8. The summed E-state index contributed by atoms with van der Waals surface area (Å²) in [6, 6.07) is 8.71. The second kappa shape index (κ2) is 10.8. The molecule has 2 fully saturated rings. The molecule has 0 radical (unpaired) electrons. The van der Waals surface area contributed by atoms with Gasteiger partial charge in [-0.3, -0.25) is 24.6 Å². The Labute approximate surface area is 207 Å². The monoisotopic (exact) mass is 497 g/mol. The number of amides is 1. The number of Topliss-reactive ketones (excluding diaryl/α,β-unsaturated/α-hetero) is 1. The van der Waals surface area contributed by atoms with Crippen molar-refractivity contribution in [3.63, 3.8) is 0 Å². The standard InChI is InChI=1S/C25H27N3O8/c1-35-18-7-8-19(20(29)15-18)23(30)21-22(16-3-5-17(6-4-16)28(33)34)27(25(32)24(21)31)10-2-9-26-11-13-36-14-12-26/h3-8,15,22,29-30H,2,9-14H2,1H3/b23-21-. The number of non-ortho nitro benzene ring substituents is 1. The van der Waals surface area contributed by atoms with E-state index in [1.807, 2.05) is 0 Å². The van der Waals surface area contributed by atoms with Crippen molar-refractivity contribution in [2.75, 3.05) is 46.5 Å². The zero-order valence-corrected chi connectivity index (χ0v) is 19.8. The molecule has 0 bridgehead atoms. The number of nitrogens with zero attached hydrogens (tertiary/aromatic N) is 3. The van der Waals surface area contributed by atoms with E-state index < -0.39 is 28.4 Å². The number of benzene rings is 2. The fraction of sp³-hybridized carbons (Fsp3) is 0.360. The largest absolute Gasteiger partial charge is 0.507 e. The highest BCUT2D eigenvalue weighted by molar-refractivity contribution is 6.46. The number of rotatable bonds is 8. The van der Waals surface area contributed by atoms with Gasteiger partial charge in [-0.25, -0.2) is 0 Å². The number of aliphatic hydroxyl groups is 1. The van der Waals surface area contributed by atoms with Crippen LogP contribution in [-0.4, -0.2) is 83.1 Å². The molecular weight excluding hydrogens is 470 g/mol. The number of hydrogen-bond donors (Lipinski definition) is 2. The number of aromatic hydroxyl groups is 1. The lowest BCUT2D eigenvalue weighted by atomic mass is 9.94. The highest BCUT2D eigenvalue weighted by Crippen LogP contribution is 2.41. The molecule has 2 heterocycles. The number of nitro groups is 1. The molecule has 1 amide bonds. The Bertz CT molecular complexity index is 1190. The Kier molecular flexibility index (Phi) is 7.51. The third kappa shape index (κ3) is 5.02. The molecule has 0 aliphatic carbocycles. The van der Waals surface area contributed by atoms with E-state index in [-0.39, 0.29) is 29.1 Å². The number of methoxy groups -OCH3 is 1. The molecule has 0 saturated carbocycles. The Morgan fingerprint density at radius 1 is 1.14 bits per heavy atom. The first-order valence-corrected chi connectivity index (χ1v) is 11.5. The van der Waals surface area contributed by atoms with Crippen molar-refractivity contribution in [3.8, 4) is 11.5 Å². The topological polar surface area (TPSA) is 143 Å². The molecule has 190 valence electrons. The summed E-state index contributed by atoms with van der Waals surface area (Å²) < 4.78 is 10.4. The van der Waals surface area contributed by atoms with Gasteiger partial charge in [-0.15, -0.1) is 0 Å². The van der Waals surface area contributed by atoms with E-state index >= 15 is 0 Å². The summed E-state index contributed by atoms with van der Waals surface area (Å²) in [5, 5.41) is 32.7. The number of nitro benzene ring substituents is 1. The highest BCUT2D eigenvalue weighted by atomic mass is 16.6. The van der Waals surface area contributed by atoms with Gasteiger partial charge in [0.25, 0.3) is 17.4 Å². The van der Waals surface area contributed by atoms with Crippen LogP contribution in [0.25, 0.3) is 5.76 Å². The van der Waals surface area contributed by atoms with Crippen molar-refractivity contribution < 1.29 is 34.2 Å². The lowest BCUT2D eigenvalue weighted by Gasteiger charge is -2.29. The number of ether oxygens (including phenoxy) is 2. The van der Waals surface area contributed by atoms with E-state index in [1.165, 1.54) is 54.5 Å². The van der Waals surface area contributed by atoms with Crippen molar-refractivity contribution in [1.82, 2.24) is 9.80 Å². The Balaban J connectivity index is 1.71. The van der Waals surface area contributed by atoms with Gasteiger partial charge in [-0.05, 0) is 36.2 Å². The van der Waals surface area contributed by atoms with Crippen LogP contribution in [0.3, 0.4) is 0 Å². The predicted molar refractivity (Wildman–Crippen MR) is 129 cm³/mol. The van der Waals surface area contributed by atoms with E-state index in [0.717, 1.165) is 13.1 Å². The first kappa shape index (κ1) is 25.1. The van der Waals surface area contributed by atoms with Crippen LogP contribution >= 0.6 is 0 Å². The van der Waals surface area contributed by atoms with Crippen LogP contribution < -0.4 is 4.74 Å². The van der Waals surface area contributed by atoms with Gasteiger partial charge in [0.1, 0.15) is 17.3 Å². The number of hydrogen-bond acceptors (Lipinski definition) is 9. The highest BCUT2D eigenvalue weighted by Gasteiger charge is 2.46. The van der Waals surface area contributed by atoms with Gasteiger partial charge in [0.15, 0.2) is 0 Å². The van der Waals surface area contributed by atoms with E-state index in [4.69, 9.17) is 9.47 Å². The fourth-order valence-electron chi connectivity index (χ4n) is 4.51. The average Bonchev–Trinajstić information content (AvgIpc) is 3.14. The molecule has 2 aromatic rings. The van der Waals surface area contributed by atoms with Crippen LogP contribution in [0.15, 0.2) is 48.0 Å². The lowest BCUT2D eigenvalue weighted by molar-refractivity contribution is -0.384. The van der Waals surface area contributed by atoms with Gasteiger partial charge in [-0.2, -0.15) is 0 Å². The van der Waals surface area contributed by atoms with E-state index in [2.05, 4.69) is 4.90 Å². The predicted octanol–water partition coefficient (Wildman–Crippen LogP) is 2.45. The minimum absolute atomic E-state index is 0.0333. The summed E-state index contributed by atoms with van der Waals surface area (Å²) in [7, 11) is 1.42. The van der Waals surface area contributed by atoms with Crippen LogP contribution in [0, 0.1) is 10.1 Å². The molecular formula is C25H27N3O8. The van der Waals surface area contributed by atoms with Gasteiger partial charge in [-0.1, -0.05) is 0 Å². The minimum Gasteiger partial charge on any atom is -0.507 e. The number of ketones is 1. The lowest BCUT2D eigenvalue weighted by Crippen LogP contribution is -2.38. The maximum atomic E-state index is 13.1. The number of carbonyl (C=O) groups excluding carboxylic acids is 2. The van der Waals surface area contributed by atoms with Crippen LogP contribution in [0.1, 0.15) is 23.6 Å². The molecule has 36 heavy (non-hydrogen) atoms. The Hall–Kier alpha value is -3.96. The molecule has 11 heteroatoms. The number of aliphatic hydroxyl groups excluding tert-OH is 1. The average molecular weight is 498 g/mol. The third-order valence-corrected chi connectivity index (χ3v) is 6.40. The quantitative estimate of drug-likeness (QED) is 0.185. The smallest absolute Gasteiger partial charge is 0.295 e. The molecule has 1 atom stereocenters. The van der Waals surface area contributed by atoms with E-state index in [9.17, 15) is 29.9 Å². The second-order valence-corrected chi connectivity index (χ2v) is 8.53. The fourth-order valence-corrected chi connectivity index (χ4v) is 4.51. The van der Waals surface area contributed by atoms with Crippen molar-refractivity contribution >= 4 is 23.1 Å². The minimum atomic E-state index is -0.975. The molecule has 2 N–H and O–H groups in total. The van der Waals surface area contributed by atoms with E-state index in [0.29, 0.717) is 37.5 Å². The number of likely N-dealkylation sites (tertiary alicyclic amines) is 1. The van der Waals surface area contributed by atoms with Crippen LogP contribution in [0.5, 0.6) is 11.5 Å². The summed E-state index contributed by atoms with van der Waals surface area (Å²) in [6.45, 7) is 3.76. The molecule has 4 rings (SSSR count).